The highest BCUT2D eigenvalue weighted by Crippen LogP contribution is 2.35. The maximum atomic E-state index is 6.18. The zero-order valence-corrected chi connectivity index (χ0v) is 12.4. The van der Waals surface area contributed by atoms with E-state index in [1.807, 2.05) is 14.1 Å². The van der Waals surface area contributed by atoms with Crippen LogP contribution < -0.4 is 5.73 Å². The lowest BCUT2D eigenvalue weighted by Crippen LogP contribution is -2.08. The van der Waals surface area contributed by atoms with Crippen molar-refractivity contribution >= 4 is 41.3 Å². The van der Waals surface area contributed by atoms with E-state index in [2.05, 4.69) is 20.2 Å². The van der Waals surface area contributed by atoms with E-state index in [1.54, 1.807) is 29.4 Å². The minimum Gasteiger partial charge on any atom is -0.369 e. The Kier molecular flexibility index (Phi) is 4.36. The Labute approximate surface area is 126 Å². The highest BCUT2D eigenvalue weighted by Gasteiger charge is 2.14. The van der Waals surface area contributed by atoms with Crippen LogP contribution in [0.3, 0.4) is 0 Å². The monoisotopic (exact) mass is 310 g/mol. The van der Waals surface area contributed by atoms with Crippen molar-refractivity contribution in [3.8, 4) is 11.3 Å². The molecule has 104 valence electrons. The third kappa shape index (κ3) is 3.15. The van der Waals surface area contributed by atoms with Crippen LogP contribution in [-0.2, 0) is 0 Å². The zero-order chi connectivity index (χ0) is 14.7. The minimum absolute atomic E-state index is 0.0396. The van der Waals surface area contributed by atoms with Crippen LogP contribution in [0.1, 0.15) is 0 Å². The van der Waals surface area contributed by atoms with Gasteiger partial charge in [0.15, 0.2) is 5.82 Å². The molecule has 6 nitrogen and oxygen atoms in total. The van der Waals surface area contributed by atoms with Crippen LogP contribution in [0, 0.1) is 0 Å². The van der Waals surface area contributed by atoms with E-state index < -0.39 is 0 Å². The maximum Gasteiger partial charge on any atom is 0.242 e. The number of benzene rings is 1. The molecule has 0 bridgehead atoms. The number of nitrogen functional groups attached to an aromatic ring is 1. The second-order valence-corrected chi connectivity index (χ2v) is 4.94. The summed E-state index contributed by atoms with van der Waals surface area (Å²) in [7, 11) is 3.68. The number of nitrogens with zero attached hydrogens (tertiary/aromatic N) is 5. The van der Waals surface area contributed by atoms with Gasteiger partial charge in [-0.15, -0.1) is 10.2 Å². The number of hydrogen-bond acceptors (Lipinski definition) is 5. The number of anilines is 1. The van der Waals surface area contributed by atoms with Gasteiger partial charge in [0.1, 0.15) is 5.69 Å². The summed E-state index contributed by atoms with van der Waals surface area (Å²) in [5, 5.41) is 8.55. The Morgan fingerprint density at radius 2 is 2.00 bits per heavy atom. The SMILES string of the molecule is CN(C)C=Nc1nc(N)nnc1-c1cccc(Cl)c1Cl. The highest BCUT2D eigenvalue weighted by atomic mass is 35.5. The number of hydrogen-bond donors (Lipinski definition) is 1. The predicted molar refractivity (Wildman–Crippen MR) is 81.5 cm³/mol. The van der Waals surface area contributed by atoms with Crippen molar-refractivity contribution in [1.82, 2.24) is 20.1 Å². The van der Waals surface area contributed by atoms with Gasteiger partial charge in [-0.05, 0) is 6.07 Å². The van der Waals surface area contributed by atoms with E-state index in [4.69, 9.17) is 28.9 Å². The van der Waals surface area contributed by atoms with Crippen LogP contribution in [0.25, 0.3) is 11.3 Å². The molecule has 1 aromatic heterocycles. The Balaban J connectivity index is 2.59. The van der Waals surface area contributed by atoms with Gasteiger partial charge in [-0.1, -0.05) is 35.3 Å². The Morgan fingerprint density at radius 1 is 1.25 bits per heavy atom. The molecule has 8 heteroatoms. The summed E-state index contributed by atoms with van der Waals surface area (Å²) in [6.07, 6.45) is 1.59. The van der Waals surface area contributed by atoms with Crippen LogP contribution in [0.15, 0.2) is 23.2 Å². The van der Waals surface area contributed by atoms with Crippen LogP contribution in [0.2, 0.25) is 10.0 Å². The molecule has 0 unspecified atom stereocenters. The molecule has 0 saturated heterocycles. The fourth-order valence-corrected chi connectivity index (χ4v) is 1.84. The molecule has 0 spiro atoms. The largest absolute Gasteiger partial charge is 0.369 e. The number of aromatic nitrogens is 3. The molecule has 0 saturated carbocycles. The molecule has 0 aliphatic carbocycles. The summed E-state index contributed by atoms with van der Waals surface area (Å²) in [6.45, 7) is 0. The van der Waals surface area contributed by atoms with Gasteiger partial charge < -0.3 is 10.6 Å². The Hall–Kier alpha value is -1.92. The molecule has 1 aromatic carbocycles. The molecule has 1 heterocycles. The van der Waals surface area contributed by atoms with Gasteiger partial charge in [-0.2, -0.15) is 4.98 Å². The van der Waals surface area contributed by atoms with Crippen molar-refractivity contribution in [2.45, 2.75) is 0 Å². The maximum absolute atomic E-state index is 6.18. The first-order valence-electron chi connectivity index (χ1n) is 5.64. The average Bonchev–Trinajstić information content (AvgIpc) is 2.40. The topological polar surface area (TPSA) is 80.3 Å². The van der Waals surface area contributed by atoms with Gasteiger partial charge in [0.25, 0.3) is 0 Å². The molecule has 20 heavy (non-hydrogen) atoms. The molecular formula is C12H12Cl2N6. The summed E-state index contributed by atoms with van der Waals surface area (Å²) in [4.78, 5) is 10.1. The number of aliphatic imine (C=N–C) groups is 1. The van der Waals surface area contributed by atoms with Gasteiger partial charge in [-0.3, -0.25) is 0 Å². The molecular weight excluding hydrogens is 299 g/mol. The fraction of sp³-hybridized carbons (Fsp3) is 0.167. The number of nitrogens with two attached hydrogens (primary N) is 1. The highest BCUT2D eigenvalue weighted by molar-refractivity contribution is 6.43. The second-order valence-electron chi connectivity index (χ2n) is 4.15. The molecule has 0 fully saturated rings. The quantitative estimate of drug-likeness (QED) is 0.696. The number of rotatable bonds is 3. The van der Waals surface area contributed by atoms with Crippen molar-refractivity contribution in [1.29, 1.82) is 0 Å². The smallest absolute Gasteiger partial charge is 0.242 e. The van der Waals surface area contributed by atoms with Crippen molar-refractivity contribution in [3.05, 3.63) is 28.2 Å². The third-order valence-corrected chi connectivity index (χ3v) is 3.12. The summed E-state index contributed by atoms with van der Waals surface area (Å²) in [6, 6.07) is 5.22. The molecule has 0 aliphatic rings. The van der Waals surface area contributed by atoms with E-state index >= 15 is 0 Å². The standard InChI is InChI=1S/C12H12Cl2N6/c1-20(2)6-16-11-10(18-19-12(15)17-11)7-4-3-5-8(13)9(7)14/h3-6H,1-2H3,(H2,15,17,19). The van der Waals surface area contributed by atoms with Crippen molar-refractivity contribution in [2.75, 3.05) is 19.8 Å². The summed E-state index contributed by atoms with van der Waals surface area (Å²) in [5.74, 6) is 0.369. The third-order valence-electron chi connectivity index (χ3n) is 2.30. The van der Waals surface area contributed by atoms with E-state index in [9.17, 15) is 0 Å². The molecule has 0 amide bonds. The van der Waals surface area contributed by atoms with Crippen molar-refractivity contribution < 1.29 is 0 Å². The van der Waals surface area contributed by atoms with E-state index in [1.165, 1.54) is 0 Å². The Bertz CT molecular complexity index is 656. The van der Waals surface area contributed by atoms with Crippen LogP contribution in [0.5, 0.6) is 0 Å². The fourth-order valence-electron chi connectivity index (χ4n) is 1.45. The number of halogens is 2. The first-order valence-corrected chi connectivity index (χ1v) is 6.40. The normalized spacial score (nSPS) is 11.0. The van der Waals surface area contributed by atoms with Crippen LogP contribution in [0.4, 0.5) is 11.8 Å². The van der Waals surface area contributed by atoms with E-state index in [-0.39, 0.29) is 5.95 Å². The van der Waals surface area contributed by atoms with Gasteiger partial charge >= 0.3 is 0 Å². The van der Waals surface area contributed by atoms with E-state index in [0.29, 0.717) is 27.1 Å². The molecule has 2 aromatic rings. The molecule has 0 radical (unpaired) electrons. The van der Waals surface area contributed by atoms with Gasteiger partial charge in [0.2, 0.25) is 5.95 Å². The molecule has 2 N–H and O–H groups in total. The molecule has 2 rings (SSSR count). The first-order chi connectivity index (χ1) is 9.49. The van der Waals surface area contributed by atoms with Crippen molar-refractivity contribution in [2.24, 2.45) is 4.99 Å². The summed E-state index contributed by atoms with van der Waals surface area (Å²) in [5.41, 5.74) is 6.57. The predicted octanol–water partition coefficient (Wildman–Crippen LogP) is 2.65. The van der Waals surface area contributed by atoms with Gasteiger partial charge in [-0.25, -0.2) is 4.99 Å². The first kappa shape index (κ1) is 14.5. The summed E-state index contributed by atoms with van der Waals surface area (Å²) >= 11 is 12.2. The van der Waals surface area contributed by atoms with E-state index in [0.717, 1.165) is 0 Å². The Morgan fingerprint density at radius 3 is 2.70 bits per heavy atom. The second kappa shape index (κ2) is 6.02. The summed E-state index contributed by atoms with van der Waals surface area (Å²) < 4.78 is 0. The van der Waals surface area contributed by atoms with Gasteiger partial charge in [0, 0.05) is 19.7 Å². The lowest BCUT2D eigenvalue weighted by Gasteiger charge is -2.08. The van der Waals surface area contributed by atoms with Crippen LogP contribution in [-0.4, -0.2) is 40.5 Å². The molecule has 0 atom stereocenters. The van der Waals surface area contributed by atoms with Crippen molar-refractivity contribution in [3.63, 3.8) is 0 Å². The van der Waals surface area contributed by atoms with Crippen LogP contribution >= 0.6 is 23.2 Å². The zero-order valence-electron chi connectivity index (χ0n) is 10.9. The van der Waals surface area contributed by atoms with Gasteiger partial charge in [0.05, 0.1) is 16.4 Å². The average molecular weight is 311 g/mol. The molecule has 0 aliphatic heterocycles. The lowest BCUT2D eigenvalue weighted by molar-refractivity contribution is 0.643. The lowest BCUT2D eigenvalue weighted by atomic mass is 10.1. The minimum atomic E-state index is 0.0396.